The van der Waals surface area contributed by atoms with E-state index in [2.05, 4.69) is 570 Å². The second-order valence-corrected chi connectivity index (χ2v) is 37.1. The summed E-state index contributed by atoms with van der Waals surface area (Å²) in [6.07, 6.45) is 0. The lowest BCUT2D eigenvalue weighted by Crippen LogP contribution is -2.05. The molecule has 0 unspecified atom stereocenters. The Morgan fingerprint density at radius 1 is 0.0915 bits per heavy atom. The number of benzene rings is 21. The molecule has 0 fully saturated rings. The Morgan fingerprint density at radius 3 is 0.521 bits per heavy atom. The van der Waals surface area contributed by atoms with Gasteiger partial charge in [0.2, 0.25) is 0 Å². The van der Waals surface area contributed by atoms with Crippen LogP contribution in [0.5, 0.6) is 0 Å². The average molecular weight is 1810 g/mol. The van der Waals surface area contributed by atoms with Gasteiger partial charge in [-0.3, -0.25) is 9.13 Å². The first-order chi connectivity index (χ1) is 70.5. The second-order valence-electron chi connectivity index (χ2n) is 37.1. The van der Waals surface area contributed by atoms with Crippen molar-refractivity contribution < 1.29 is 0 Å². The Hall–Kier alpha value is -19.0. The number of fused-ring (bicyclic) bond motifs is 18. The van der Waals surface area contributed by atoms with Gasteiger partial charge in [-0.2, -0.15) is 0 Å². The van der Waals surface area contributed by atoms with Gasteiger partial charge in [-0.05, 0) is 292 Å². The maximum absolute atomic E-state index is 2.46. The molecule has 0 atom stereocenters. The van der Waals surface area contributed by atoms with Gasteiger partial charge in [0.1, 0.15) is 5.82 Å². The minimum atomic E-state index is 1.08. The van der Waals surface area contributed by atoms with Crippen molar-refractivity contribution in [3.05, 3.63) is 534 Å². The number of para-hydroxylation sites is 10. The fourth-order valence-corrected chi connectivity index (χ4v) is 22.7. The monoisotopic (exact) mass is 1810 g/mol. The van der Waals surface area contributed by atoms with Gasteiger partial charge in [-0.15, -0.1) is 0 Å². The molecule has 0 aliphatic rings. The molecule has 142 heavy (non-hydrogen) atoms. The van der Waals surface area contributed by atoms with Crippen LogP contribution in [-0.2, 0) is 0 Å². The molecule has 0 aliphatic heterocycles. The Labute approximate surface area is 819 Å². The third-order valence-corrected chi connectivity index (χ3v) is 29.2. The van der Waals surface area contributed by atoms with Crippen LogP contribution in [0.15, 0.2) is 534 Å². The summed E-state index contributed by atoms with van der Waals surface area (Å²) in [5.41, 5.74) is 38.6. The predicted octanol–water partition coefficient (Wildman–Crippen LogP) is 35.2. The van der Waals surface area contributed by atoms with Crippen molar-refractivity contribution in [1.82, 2.24) is 36.5 Å². The minimum absolute atomic E-state index is 1.08. The topological polar surface area (TPSA) is 39.4 Å². The molecule has 0 amide bonds. The quantitative estimate of drug-likeness (QED) is 0.0981. The van der Waals surface area contributed by atoms with Gasteiger partial charge in [0.05, 0.1) is 83.3 Å². The van der Waals surface area contributed by atoms with E-state index >= 15 is 0 Å². The van der Waals surface area contributed by atoms with Crippen LogP contribution < -0.4 is 0 Å². The minimum Gasteiger partial charge on any atom is -0.309 e. The first kappa shape index (κ1) is 81.3. The summed E-state index contributed by atoms with van der Waals surface area (Å²) in [7, 11) is 0. The van der Waals surface area contributed by atoms with Crippen LogP contribution in [0.4, 0.5) is 0 Å². The predicted molar refractivity (Wildman–Crippen MR) is 596 cm³/mol. The molecule has 0 aliphatic carbocycles. The number of nitrogens with zero attached hydrogens (tertiary/aromatic N) is 8. The van der Waals surface area contributed by atoms with E-state index in [1.165, 1.54) is 164 Å². The fourth-order valence-electron chi connectivity index (χ4n) is 22.7. The van der Waals surface area contributed by atoms with Gasteiger partial charge in [0, 0.05) is 104 Å². The van der Waals surface area contributed by atoms with E-state index < -0.39 is 0 Å². The molecule has 0 saturated heterocycles. The Kier molecular flexibility index (Phi) is 19.2. The number of hydrogen-bond donors (Lipinski definition) is 0. The van der Waals surface area contributed by atoms with E-state index in [-0.39, 0.29) is 0 Å². The van der Waals surface area contributed by atoms with Crippen molar-refractivity contribution in [3.8, 4) is 124 Å². The molecule has 8 aromatic heterocycles. The van der Waals surface area contributed by atoms with E-state index in [9.17, 15) is 0 Å². The number of hydrogen-bond acceptors (Lipinski definition) is 0. The molecule has 0 radical (unpaired) electrons. The van der Waals surface area contributed by atoms with Gasteiger partial charge < -0.3 is 27.4 Å². The average Bonchev–Trinajstić information content (AvgIpc) is 1.56. The van der Waals surface area contributed by atoms with Crippen LogP contribution in [0.2, 0.25) is 0 Å². The van der Waals surface area contributed by atoms with Crippen molar-refractivity contribution in [2.45, 2.75) is 0 Å². The molecule has 21 aromatic carbocycles. The van der Waals surface area contributed by atoms with Crippen molar-refractivity contribution in [2.75, 3.05) is 0 Å². The summed E-state index contributed by atoms with van der Waals surface area (Å²) in [5.74, 6) is 1.08. The number of rotatable bonds is 15. The molecule has 8 heteroatoms. The summed E-state index contributed by atoms with van der Waals surface area (Å²) in [5, 5.41) is 14.8. The summed E-state index contributed by atoms with van der Waals surface area (Å²) >= 11 is 0. The largest absolute Gasteiger partial charge is 0.309 e. The molecule has 0 spiro atoms. The molecule has 664 valence electrons. The van der Waals surface area contributed by atoms with Gasteiger partial charge in [-0.1, -0.05) is 303 Å². The summed E-state index contributed by atoms with van der Waals surface area (Å²) in [6.45, 7) is 0. The van der Waals surface area contributed by atoms with E-state index in [0.717, 1.165) is 90.3 Å². The highest BCUT2D eigenvalue weighted by Crippen LogP contribution is 2.47. The lowest BCUT2D eigenvalue weighted by atomic mass is 9.98. The zero-order chi connectivity index (χ0) is 93.4. The molecule has 0 saturated carbocycles. The van der Waals surface area contributed by atoms with Crippen molar-refractivity contribution in [2.24, 2.45) is 0 Å². The second kappa shape index (κ2) is 33.5. The molecule has 0 N–H and O–H groups in total. The van der Waals surface area contributed by atoms with Gasteiger partial charge in [0.15, 0.2) is 0 Å². The van der Waals surface area contributed by atoms with E-state index in [1.807, 2.05) is 0 Å². The lowest BCUT2D eigenvalue weighted by molar-refractivity contribution is 0.981. The van der Waals surface area contributed by atoms with Crippen LogP contribution in [0, 0.1) is 0 Å². The lowest BCUT2D eigenvalue weighted by Gasteiger charge is -2.16. The maximum Gasteiger partial charge on any atom is 0.122 e. The van der Waals surface area contributed by atoms with Gasteiger partial charge >= 0.3 is 0 Å². The smallest absolute Gasteiger partial charge is 0.122 e. The van der Waals surface area contributed by atoms with E-state index in [1.54, 1.807) is 0 Å². The van der Waals surface area contributed by atoms with Gasteiger partial charge in [0.25, 0.3) is 0 Å². The third-order valence-electron chi connectivity index (χ3n) is 29.2. The third kappa shape index (κ3) is 13.4. The molecule has 29 aromatic rings. The Morgan fingerprint density at radius 2 is 0.261 bits per heavy atom. The maximum atomic E-state index is 2.46. The highest BCUT2D eigenvalue weighted by atomic mass is 15.2. The number of aromatic nitrogens is 8. The van der Waals surface area contributed by atoms with E-state index in [0.29, 0.717) is 0 Å². The van der Waals surface area contributed by atoms with Crippen molar-refractivity contribution >= 4 is 131 Å². The Balaban J connectivity index is 0.000000139. The SMILES string of the molecule is c1ccc(-c2ccc(-c3ccc(-n4c5ccc(-c6ccc7c(c6)c6ccccc6n7-c6ccccc6)cc5c5cc(-c6ccc7c(c6)c6ccccc6n7-c6ccccc6)ccc54)cc3)n2-c2ccccc2)cc1.c1ccc(-c2ccc(-n3c4ccc(-c5ccc6c(c5)c5ccccc5n6-c5ccccc5)cc4c4cc(-c5ccc6c(c5)c5ccccc5n6-c5ccccc5)ccc43)n2-c2ccccc2)cc1. The highest BCUT2D eigenvalue weighted by Gasteiger charge is 2.26. The summed E-state index contributed by atoms with van der Waals surface area (Å²) < 4.78 is 19.2. The summed E-state index contributed by atoms with van der Waals surface area (Å²) in [4.78, 5) is 0. The first-order valence-electron chi connectivity index (χ1n) is 48.8. The zero-order valence-corrected chi connectivity index (χ0v) is 77.4. The molecule has 8 nitrogen and oxygen atoms in total. The summed E-state index contributed by atoms with van der Waals surface area (Å²) in [6, 6.07) is 195. The van der Waals surface area contributed by atoms with E-state index in [4.69, 9.17) is 0 Å². The van der Waals surface area contributed by atoms with Crippen molar-refractivity contribution in [1.29, 1.82) is 0 Å². The highest BCUT2D eigenvalue weighted by molar-refractivity contribution is 6.18. The zero-order valence-electron chi connectivity index (χ0n) is 77.4. The van der Waals surface area contributed by atoms with Crippen LogP contribution in [-0.4, -0.2) is 36.5 Å². The first-order valence-corrected chi connectivity index (χ1v) is 48.8. The molecule has 29 rings (SSSR count). The Bertz CT molecular complexity index is 9560. The van der Waals surface area contributed by atoms with Crippen molar-refractivity contribution in [3.63, 3.8) is 0 Å². The molecule has 0 bridgehead atoms. The standard InChI is InChI=1S/C70H46N4.C64H42N4/c1-5-17-47(18-6-1)63-41-42-64(71(63)53-19-7-2-8-20-53)48-29-35-56(36-30-48)74-69-39-33-51(49-31-37-67-59(43-49)57-25-13-15-27-65(57)72(67)54-21-9-3-10-22-54)45-61(69)62-46-52(34-40-70(62)74)50-32-38-68-60(44-50)58-26-14-16-28-66(58)73(68)55-23-11-4-12-24-55;1-5-17-43(18-6-1)57-37-38-64(67(57)50-23-11-4-12-24-50)68-62-35-31-46(44-29-33-60-53(39-44)51-25-13-15-27-58(51)65(60)48-19-7-2-8-20-48)41-55(62)56-42-47(32-36-63(56)68)45-30-34-61-54(40-45)52-26-14-16-28-59(52)66(61)49-21-9-3-10-22-49/h1-46H;1-42H. The van der Waals surface area contributed by atoms with Crippen LogP contribution in [0.3, 0.4) is 0 Å². The fraction of sp³-hybridized carbons (Fsp3) is 0. The molecular weight excluding hydrogens is 1720 g/mol. The van der Waals surface area contributed by atoms with Crippen LogP contribution in [0.1, 0.15) is 0 Å². The molecule has 8 heterocycles. The molecular formula is C134H88N8. The normalized spacial score (nSPS) is 11.8. The van der Waals surface area contributed by atoms with Gasteiger partial charge in [-0.25, -0.2) is 0 Å². The van der Waals surface area contributed by atoms with Crippen LogP contribution >= 0.6 is 0 Å². The van der Waals surface area contributed by atoms with Crippen LogP contribution in [0.25, 0.3) is 255 Å².